The van der Waals surface area contributed by atoms with E-state index in [9.17, 15) is 4.79 Å². The highest BCUT2D eigenvalue weighted by Gasteiger charge is 2.01. The molecule has 0 fully saturated rings. The van der Waals surface area contributed by atoms with Crippen molar-refractivity contribution in [3.8, 4) is 0 Å². The van der Waals surface area contributed by atoms with Crippen molar-refractivity contribution in [1.82, 2.24) is 5.32 Å². The molecule has 0 aliphatic heterocycles. The number of hydrogen-bond acceptors (Lipinski definition) is 1. The third-order valence-corrected chi connectivity index (χ3v) is 2.45. The van der Waals surface area contributed by atoms with Crippen LogP contribution < -0.4 is 5.32 Å². The van der Waals surface area contributed by atoms with Crippen molar-refractivity contribution in [3.63, 3.8) is 0 Å². The van der Waals surface area contributed by atoms with Gasteiger partial charge >= 0.3 is 0 Å². The van der Waals surface area contributed by atoms with Crippen LogP contribution in [0.1, 0.15) is 15.9 Å². The van der Waals surface area contributed by atoms with Gasteiger partial charge in [0.15, 0.2) is 0 Å². The van der Waals surface area contributed by atoms with Gasteiger partial charge in [-0.05, 0) is 17.7 Å². The van der Waals surface area contributed by atoms with Crippen LogP contribution in [0, 0.1) is 0 Å². The predicted octanol–water partition coefficient (Wildman–Crippen LogP) is 1.98. The molecule has 0 heterocycles. The second-order valence-electron chi connectivity index (χ2n) is 2.41. The molecule has 0 saturated heterocycles. The number of amides is 1. The van der Waals surface area contributed by atoms with E-state index in [2.05, 4.69) is 27.9 Å². The molecule has 1 rings (SSSR count). The summed E-state index contributed by atoms with van der Waals surface area (Å²) >= 11 is 2.27. The van der Waals surface area contributed by atoms with Crippen molar-refractivity contribution >= 4 is 28.5 Å². The first-order valence-electron chi connectivity index (χ1n) is 3.65. The standard InChI is InChI=1S/C9H10INO/c1-11-9(12)8-4-2-3-7(5-8)6-10/h2-5H,6H2,1H3,(H,11,12). The normalized spacial score (nSPS) is 9.50. The Labute approximate surface area is 85.5 Å². The van der Waals surface area contributed by atoms with Crippen LogP contribution >= 0.6 is 22.6 Å². The van der Waals surface area contributed by atoms with Gasteiger partial charge in [-0.25, -0.2) is 0 Å². The molecular weight excluding hydrogens is 265 g/mol. The zero-order valence-corrected chi connectivity index (χ0v) is 8.96. The number of benzene rings is 1. The Balaban J connectivity index is 2.93. The van der Waals surface area contributed by atoms with Gasteiger partial charge in [0.05, 0.1) is 0 Å². The van der Waals surface area contributed by atoms with E-state index in [1.54, 1.807) is 7.05 Å². The molecule has 0 atom stereocenters. The first-order valence-corrected chi connectivity index (χ1v) is 5.17. The summed E-state index contributed by atoms with van der Waals surface area (Å²) in [6.07, 6.45) is 0. The average molecular weight is 275 g/mol. The molecular formula is C9H10INO. The molecule has 3 heteroatoms. The third kappa shape index (κ3) is 2.20. The molecule has 0 spiro atoms. The van der Waals surface area contributed by atoms with E-state index in [0.29, 0.717) is 0 Å². The van der Waals surface area contributed by atoms with Gasteiger partial charge in [0.25, 0.3) is 5.91 Å². The van der Waals surface area contributed by atoms with Gasteiger partial charge in [0.1, 0.15) is 0 Å². The lowest BCUT2D eigenvalue weighted by Crippen LogP contribution is -2.17. The molecule has 0 aromatic heterocycles. The van der Waals surface area contributed by atoms with Crippen LogP contribution in [-0.4, -0.2) is 13.0 Å². The van der Waals surface area contributed by atoms with Crippen molar-refractivity contribution < 1.29 is 4.79 Å². The maximum Gasteiger partial charge on any atom is 0.251 e. The van der Waals surface area contributed by atoms with Crippen molar-refractivity contribution in [1.29, 1.82) is 0 Å². The van der Waals surface area contributed by atoms with E-state index >= 15 is 0 Å². The lowest BCUT2D eigenvalue weighted by molar-refractivity contribution is 0.0963. The summed E-state index contributed by atoms with van der Waals surface area (Å²) < 4.78 is 0.933. The summed E-state index contributed by atoms with van der Waals surface area (Å²) in [6, 6.07) is 7.64. The molecule has 64 valence electrons. The summed E-state index contributed by atoms with van der Waals surface area (Å²) in [5.74, 6) is -0.0262. The molecule has 12 heavy (non-hydrogen) atoms. The molecule has 1 N–H and O–H groups in total. The Morgan fingerprint density at radius 2 is 2.33 bits per heavy atom. The van der Waals surface area contributed by atoms with Crippen LogP contribution in [0.25, 0.3) is 0 Å². The number of rotatable bonds is 2. The van der Waals surface area contributed by atoms with E-state index in [1.165, 1.54) is 5.56 Å². The van der Waals surface area contributed by atoms with Gasteiger partial charge in [-0.15, -0.1) is 0 Å². The maximum absolute atomic E-state index is 11.2. The molecule has 2 nitrogen and oxygen atoms in total. The third-order valence-electron chi connectivity index (χ3n) is 1.57. The first kappa shape index (κ1) is 9.51. The summed E-state index contributed by atoms with van der Waals surface area (Å²) in [4.78, 5) is 11.2. The molecule has 0 bridgehead atoms. The van der Waals surface area contributed by atoms with Crippen molar-refractivity contribution in [2.45, 2.75) is 4.43 Å². The van der Waals surface area contributed by atoms with Gasteiger partial charge in [0, 0.05) is 17.0 Å². The number of hydrogen-bond donors (Lipinski definition) is 1. The molecule has 0 aliphatic carbocycles. The summed E-state index contributed by atoms with van der Waals surface area (Å²) in [6.45, 7) is 0. The Morgan fingerprint density at radius 1 is 1.58 bits per heavy atom. The van der Waals surface area contributed by atoms with Crippen LogP contribution in [0.5, 0.6) is 0 Å². The second kappa shape index (κ2) is 4.45. The lowest BCUT2D eigenvalue weighted by atomic mass is 10.1. The van der Waals surface area contributed by atoms with Crippen molar-refractivity contribution in [2.24, 2.45) is 0 Å². The topological polar surface area (TPSA) is 29.1 Å². The first-order chi connectivity index (χ1) is 5.77. The molecule has 0 unspecified atom stereocenters. The molecule has 1 aromatic rings. The van der Waals surface area contributed by atoms with Gasteiger partial charge in [-0.2, -0.15) is 0 Å². The van der Waals surface area contributed by atoms with Crippen LogP contribution in [0.4, 0.5) is 0 Å². The number of alkyl halides is 1. The zero-order valence-electron chi connectivity index (χ0n) is 6.80. The summed E-state index contributed by atoms with van der Waals surface area (Å²) in [7, 11) is 1.64. The fraction of sp³-hybridized carbons (Fsp3) is 0.222. The molecule has 1 amide bonds. The second-order valence-corrected chi connectivity index (χ2v) is 3.18. The smallest absolute Gasteiger partial charge is 0.251 e. The monoisotopic (exact) mass is 275 g/mol. The Morgan fingerprint density at radius 3 is 2.92 bits per heavy atom. The van der Waals surface area contributed by atoms with Gasteiger partial charge in [-0.3, -0.25) is 4.79 Å². The Bertz CT molecular complexity index is 286. The fourth-order valence-electron chi connectivity index (χ4n) is 0.940. The minimum atomic E-state index is -0.0262. The van der Waals surface area contributed by atoms with E-state index in [1.807, 2.05) is 24.3 Å². The lowest BCUT2D eigenvalue weighted by Gasteiger charge is -2.00. The highest BCUT2D eigenvalue weighted by molar-refractivity contribution is 14.1. The largest absolute Gasteiger partial charge is 0.355 e. The average Bonchev–Trinajstić information content (AvgIpc) is 2.17. The number of nitrogens with one attached hydrogen (secondary N) is 1. The van der Waals surface area contributed by atoms with E-state index in [4.69, 9.17) is 0 Å². The highest BCUT2D eigenvalue weighted by Crippen LogP contribution is 2.08. The maximum atomic E-state index is 11.2. The fourth-order valence-corrected chi connectivity index (χ4v) is 1.41. The Kier molecular flexibility index (Phi) is 3.52. The number of carbonyl (C=O) groups excluding carboxylic acids is 1. The van der Waals surface area contributed by atoms with Crippen LogP contribution in [0.15, 0.2) is 24.3 Å². The number of carbonyl (C=O) groups is 1. The molecule has 0 radical (unpaired) electrons. The van der Waals surface area contributed by atoms with Crippen molar-refractivity contribution in [2.75, 3.05) is 7.05 Å². The van der Waals surface area contributed by atoms with Crippen LogP contribution in [-0.2, 0) is 4.43 Å². The summed E-state index contributed by atoms with van der Waals surface area (Å²) in [5, 5.41) is 2.59. The van der Waals surface area contributed by atoms with E-state index in [0.717, 1.165) is 9.99 Å². The van der Waals surface area contributed by atoms with E-state index < -0.39 is 0 Å². The van der Waals surface area contributed by atoms with Crippen LogP contribution in [0.3, 0.4) is 0 Å². The zero-order chi connectivity index (χ0) is 8.97. The van der Waals surface area contributed by atoms with Crippen LogP contribution in [0.2, 0.25) is 0 Å². The number of halogens is 1. The van der Waals surface area contributed by atoms with E-state index in [-0.39, 0.29) is 5.91 Å². The van der Waals surface area contributed by atoms with Gasteiger partial charge < -0.3 is 5.32 Å². The Hall–Kier alpha value is -0.580. The quantitative estimate of drug-likeness (QED) is 0.649. The minimum absolute atomic E-state index is 0.0262. The van der Waals surface area contributed by atoms with Gasteiger partial charge in [0.2, 0.25) is 0 Å². The summed E-state index contributed by atoms with van der Waals surface area (Å²) in [5.41, 5.74) is 1.91. The highest BCUT2D eigenvalue weighted by atomic mass is 127. The predicted molar refractivity (Wildman–Crippen MR) is 57.6 cm³/mol. The SMILES string of the molecule is CNC(=O)c1cccc(CI)c1. The van der Waals surface area contributed by atoms with Crippen molar-refractivity contribution in [3.05, 3.63) is 35.4 Å². The molecule has 0 aliphatic rings. The molecule has 1 aromatic carbocycles. The molecule has 0 saturated carbocycles. The minimum Gasteiger partial charge on any atom is -0.355 e. The van der Waals surface area contributed by atoms with Gasteiger partial charge in [-0.1, -0.05) is 34.7 Å².